The fourth-order valence-electron chi connectivity index (χ4n) is 4.67. The average Bonchev–Trinajstić information content (AvgIpc) is 3.02. The van der Waals surface area contributed by atoms with E-state index in [0.717, 1.165) is 70.6 Å². The topological polar surface area (TPSA) is 119 Å². The molecule has 0 spiro atoms. The molecule has 0 aromatic carbocycles. The van der Waals surface area contributed by atoms with E-state index >= 15 is 0 Å². The second-order valence-corrected chi connectivity index (χ2v) is 13.0. The third kappa shape index (κ3) is 34.9. The first-order valence-electron chi connectivity index (χ1n) is 17.9. The van der Waals surface area contributed by atoms with Crippen molar-refractivity contribution in [3.05, 3.63) is 48.6 Å². The molecule has 0 heterocycles. The summed E-state index contributed by atoms with van der Waals surface area (Å²) in [6, 6.07) is 0. The standard InChI is InChI=1S/C37H65O8P/c1-3-5-7-9-11-13-15-17-18-20-21-23-25-27-29-31-36(38)43-33-35(34-44-46(40,41)42)45-37(39)32-30-28-26-24-22-19-16-14-12-10-8-6-4-2/h6,8,12,14,17-19,22,35H,3-5,7,9-11,13,15-16,20-21,23-34H2,1-2H3,(H2,40,41,42)/b8-6-,14-12-,18-17-,22-19-. The number of phosphoric ester groups is 1. The summed E-state index contributed by atoms with van der Waals surface area (Å²) in [5, 5.41) is 0. The molecule has 0 fully saturated rings. The van der Waals surface area contributed by atoms with Crippen molar-refractivity contribution in [2.75, 3.05) is 13.2 Å². The number of ether oxygens (including phenoxy) is 2. The van der Waals surface area contributed by atoms with Gasteiger partial charge in [0.2, 0.25) is 0 Å². The molecule has 0 aliphatic rings. The van der Waals surface area contributed by atoms with E-state index in [0.29, 0.717) is 12.8 Å². The summed E-state index contributed by atoms with van der Waals surface area (Å²) >= 11 is 0. The van der Waals surface area contributed by atoms with E-state index in [4.69, 9.17) is 19.3 Å². The minimum absolute atomic E-state index is 0.174. The predicted molar refractivity (Wildman–Crippen MR) is 188 cm³/mol. The molecule has 2 N–H and O–H groups in total. The van der Waals surface area contributed by atoms with Crippen molar-refractivity contribution in [2.24, 2.45) is 0 Å². The van der Waals surface area contributed by atoms with Crippen molar-refractivity contribution in [1.82, 2.24) is 0 Å². The predicted octanol–water partition coefficient (Wildman–Crippen LogP) is 10.4. The molecule has 8 nitrogen and oxygen atoms in total. The fourth-order valence-corrected chi connectivity index (χ4v) is 5.03. The Morgan fingerprint density at radius 1 is 0.587 bits per heavy atom. The van der Waals surface area contributed by atoms with E-state index in [-0.39, 0.29) is 19.4 Å². The summed E-state index contributed by atoms with van der Waals surface area (Å²) in [7, 11) is -4.76. The van der Waals surface area contributed by atoms with Gasteiger partial charge in [0, 0.05) is 12.8 Å². The number of esters is 2. The van der Waals surface area contributed by atoms with Crippen molar-refractivity contribution in [2.45, 2.75) is 161 Å². The second-order valence-electron chi connectivity index (χ2n) is 11.8. The lowest BCUT2D eigenvalue weighted by atomic mass is 10.1. The molecular formula is C37H65O8P. The van der Waals surface area contributed by atoms with Crippen LogP contribution >= 0.6 is 7.82 Å². The Morgan fingerprint density at radius 3 is 1.61 bits per heavy atom. The lowest BCUT2D eigenvalue weighted by Gasteiger charge is -2.18. The molecule has 0 bridgehead atoms. The molecule has 0 aromatic heterocycles. The molecule has 0 aliphatic carbocycles. The summed E-state index contributed by atoms with van der Waals surface area (Å²) < 4.78 is 26.2. The third-order valence-electron chi connectivity index (χ3n) is 7.33. The normalized spacial score (nSPS) is 13.0. The number of rotatable bonds is 32. The van der Waals surface area contributed by atoms with Crippen LogP contribution in [0.25, 0.3) is 0 Å². The van der Waals surface area contributed by atoms with Crippen LogP contribution in [0.1, 0.15) is 155 Å². The second kappa shape index (κ2) is 32.9. The first-order valence-corrected chi connectivity index (χ1v) is 19.5. The van der Waals surface area contributed by atoms with Crippen LogP contribution in [0.3, 0.4) is 0 Å². The van der Waals surface area contributed by atoms with E-state index in [1.54, 1.807) is 0 Å². The smallest absolute Gasteiger partial charge is 0.462 e. The molecule has 46 heavy (non-hydrogen) atoms. The van der Waals surface area contributed by atoms with Crippen molar-refractivity contribution >= 4 is 19.8 Å². The zero-order chi connectivity index (χ0) is 34.0. The van der Waals surface area contributed by atoms with Gasteiger partial charge in [-0.15, -0.1) is 0 Å². The highest BCUT2D eigenvalue weighted by Crippen LogP contribution is 2.35. The van der Waals surface area contributed by atoms with Crippen LogP contribution in [-0.4, -0.2) is 41.0 Å². The van der Waals surface area contributed by atoms with Crippen molar-refractivity contribution in [3.63, 3.8) is 0 Å². The van der Waals surface area contributed by atoms with E-state index in [1.807, 2.05) is 0 Å². The van der Waals surface area contributed by atoms with Crippen molar-refractivity contribution < 1.29 is 37.9 Å². The Morgan fingerprint density at radius 2 is 1.04 bits per heavy atom. The van der Waals surface area contributed by atoms with Gasteiger partial charge in [0.25, 0.3) is 0 Å². The Labute approximate surface area is 280 Å². The fraction of sp³-hybridized carbons (Fsp3) is 0.730. The van der Waals surface area contributed by atoms with E-state index in [9.17, 15) is 14.2 Å². The molecule has 0 saturated heterocycles. The number of allylic oxidation sites excluding steroid dienone is 8. The van der Waals surface area contributed by atoms with Gasteiger partial charge in [-0.2, -0.15) is 0 Å². The zero-order valence-electron chi connectivity index (χ0n) is 29.0. The Balaban J connectivity index is 4.05. The van der Waals surface area contributed by atoms with Crippen LogP contribution in [-0.2, 0) is 28.2 Å². The van der Waals surface area contributed by atoms with Gasteiger partial charge in [-0.05, 0) is 70.6 Å². The lowest BCUT2D eigenvalue weighted by molar-refractivity contribution is -0.161. The molecule has 0 rings (SSSR count). The van der Waals surface area contributed by atoms with Crippen LogP contribution in [0.15, 0.2) is 48.6 Å². The number of carbonyl (C=O) groups excluding carboxylic acids is 2. The first-order chi connectivity index (χ1) is 22.3. The van der Waals surface area contributed by atoms with Crippen LogP contribution in [0.4, 0.5) is 0 Å². The lowest BCUT2D eigenvalue weighted by Crippen LogP contribution is -2.29. The van der Waals surface area contributed by atoms with Crippen LogP contribution in [0, 0.1) is 0 Å². The van der Waals surface area contributed by atoms with E-state index < -0.39 is 32.5 Å². The quantitative estimate of drug-likeness (QED) is 0.0315. The molecule has 0 saturated carbocycles. The summed E-state index contributed by atoms with van der Waals surface area (Å²) in [5.41, 5.74) is 0. The largest absolute Gasteiger partial charge is 0.469 e. The SMILES string of the molecule is CC/C=C\C/C=C\C/C=C\CCCCCC(=O)OC(COC(=O)CCCCCCC/C=C\CCCCCCCC)COP(=O)(O)O. The summed E-state index contributed by atoms with van der Waals surface area (Å²) in [5.74, 6) is -0.933. The molecule has 0 aromatic rings. The van der Waals surface area contributed by atoms with Crippen molar-refractivity contribution in [1.29, 1.82) is 0 Å². The maximum Gasteiger partial charge on any atom is 0.469 e. The highest BCUT2D eigenvalue weighted by Gasteiger charge is 2.22. The number of unbranched alkanes of at least 4 members (excludes halogenated alkanes) is 14. The van der Waals surface area contributed by atoms with Gasteiger partial charge >= 0.3 is 19.8 Å². The maximum absolute atomic E-state index is 12.3. The summed E-state index contributed by atoms with van der Waals surface area (Å²) in [6.45, 7) is 3.51. The average molecular weight is 669 g/mol. The van der Waals surface area contributed by atoms with Gasteiger partial charge in [-0.3, -0.25) is 14.1 Å². The molecule has 266 valence electrons. The van der Waals surface area contributed by atoms with Crippen LogP contribution < -0.4 is 0 Å². The zero-order valence-corrected chi connectivity index (χ0v) is 29.9. The Hall–Kier alpha value is -1.99. The Kier molecular flexibility index (Phi) is 31.5. The highest BCUT2D eigenvalue weighted by atomic mass is 31.2. The summed E-state index contributed by atoms with van der Waals surface area (Å²) in [6.07, 6.45) is 38.3. The molecule has 0 aliphatic heterocycles. The molecular weight excluding hydrogens is 603 g/mol. The molecule has 9 heteroatoms. The number of carbonyl (C=O) groups is 2. The van der Waals surface area contributed by atoms with E-state index in [2.05, 4.69) is 67.0 Å². The van der Waals surface area contributed by atoms with Gasteiger partial charge < -0.3 is 19.3 Å². The number of hydrogen-bond donors (Lipinski definition) is 2. The monoisotopic (exact) mass is 668 g/mol. The van der Waals surface area contributed by atoms with Gasteiger partial charge in [0.15, 0.2) is 6.10 Å². The molecule has 0 radical (unpaired) electrons. The maximum atomic E-state index is 12.3. The van der Waals surface area contributed by atoms with E-state index in [1.165, 1.54) is 44.9 Å². The number of hydrogen-bond acceptors (Lipinski definition) is 6. The van der Waals surface area contributed by atoms with Crippen LogP contribution in [0.5, 0.6) is 0 Å². The minimum Gasteiger partial charge on any atom is -0.462 e. The van der Waals surface area contributed by atoms with Gasteiger partial charge in [-0.1, -0.05) is 120 Å². The first kappa shape index (κ1) is 44.0. The molecule has 1 atom stereocenters. The minimum atomic E-state index is -4.76. The third-order valence-corrected chi connectivity index (χ3v) is 7.82. The summed E-state index contributed by atoms with van der Waals surface area (Å²) in [4.78, 5) is 42.6. The van der Waals surface area contributed by atoms with Crippen LogP contribution in [0.2, 0.25) is 0 Å². The molecule has 0 amide bonds. The Bertz CT molecular complexity index is 890. The van der Waals surface area contributed by atoms with Gasteiger partial charge in [0.1, 0.15) is 6.61 Å². The van der Waals surface area contributed by atoms with Gasteiger partial charge in [0.05, 0.1) is 6.61 Å². The highest BCUT2D eigenvalue weighted by molar-refractivity contribution is 7.46. The van der Waals surface area contributed by atoms with Gasteiger partial charge in [-0.25, -0.2) is 4.57 Å². The molecule has 1 unspecified atom stereocenters. The number of phosphoric acid groups is 1. The van der Waals surface area contributed by atoms with Crippen molar-refractivity contribution in [3.8, 4) is 0 Å².